The van der Waals surface area contributed by atoms with Crippen molar-refractivity contribution in [2.75, 3.05) is 0 Å². The van der Waals surface area contributed by atoms with E-state index in [2.05, 4.69) is 0 Å². The van der Waals surface area contributed by atoms with Gasteiger partial charge in [-0.1, -0.05) is 12.1 Å². The monoisotopic (exact) mass is 434 g/mol. The van der Waals surface area contributed by atoms with Gasteiger partial charge in [0, 0.05) is 24.3 Å². The third kappa shape index (κ3) is 6.05. The summed E-state index contributed by atoms with van der Waals surface area (Å²) in [5.74, 6) is 0. The second-order valence-electron chi connectivity index (χ2n) is 5.36. The predicted octanol–water partition coefficient (Wildman–Crippen LogP) is 2.30. The van der Waals surface area contributed by atoms with Gasteiger partial charge in [0.05, 0.1) is 9.85 Å². The van der Waals surface area contributed by atoms with Crippen LogP contribution in [-0.2, 0) is 20.2 Å². The lowest BCUT2D eigenvalue weighted by molar-refractivity contribution is -0.385. The van der Waals surface area contributed by atoms with Crippen LogP contribution in [0.5, 0.6) is 0 Å². The zero-order valence-corrected chi connectivity index (χ0v) is 16.0. The average Bonchev–Trinajstić information content (AvgIpc) is 2.53. The summed E-state index contributed by atoms with van der Waals surface area (Å²) in [6.45, 7) is 2.87. The molecule has 0 aliphatic carbocycles. The largest absolute Gasteiger partial charge is 0.295 e. The Morgan fingerprint density at radius 2 is 1.00 bits per heavy atom. The minimum atomic E-state index is -4.39. The number of aryl methyl sites for hydroxylation is 2. The van der Waals surface area contributed by atoms with Gasteiger partial charge in [0.1, 0.15) is 9.79 Å². The average molecular weight is 434 g/mol. The summed E-state index contributed by atoms with van der Waals surface area (Å²) in [4.78, 5) is 18.3. The Labute approximate surface area is 159 Å². The number of hydrogen-bond donors (Lipinski definition) is 2. The second kappa shape index (κ2) is 8.39. The molecule has 0 spiro atoms. The third-order valence-electron chi connectivity index (χ3n) is 3.32. The molecule has 0 aliphatic heterocycles. The van der Waals surface area contributed by atoms with Crippen LogP contribution < -0.4 is 0 Å². The van der Waals surface area contributed by atoms with Gasteiger partial charge in [-0.15, -0.1) is 0 Å². The van der Waals surface area contributed by atoms with Crippen LogP contribution >= 0.6 is 0 Å². The lowest BCUT2D eigenvalue weighted by atomic mass is 10.2. The summed E-state index contributed by atoms with van der Waals surface area (Å²) >= 11 is 0. The first kappa shape index (κ1) is 23.1. The maximum absolute atomic E-state index is 10.8. The van der Waals surface area contributed by atoms with Crippen LogP contribution in [0.3, 0.4) is 0 Å². The highest BCUT2D eigenvalue weighted by Gasteiger charge is 2.18. The topological polar surface area (TPSA) is 195 Å². The number of rotatable bonds is 4. The molecule has 152 valence electrons. The van der Waals surface area contributed by atoms with Crippen LogP contribution in [0, 0.1) is 34.1 Å². The maximum atomic E-state index is 10.8. The van der Waals surface area contributed by atoms with Gasteiger partial charge in [-0.2, -0.15) is 16.8 Å². The van der Waals surface area contributed by atoms with Crippen molar-refractivity contribution in [1.82, 2.24) is 0 Å². The molecule has 0 saturated carbocycles. The summed E-state index contributed by atoms with van der Waals surface area (Å²) in [5.41, 5.74) is -0.220. The van der Waals surface area contributed by atoms with Gasteiger partial charge in [-0.25, -0.2) is 0 Å². The molecule has 14 heteroatoms. The molecule has 0 saturated heterocycles. The Morgan fingerprint density at radius 1 is 0.714 bits per heavy atom. The number of nitro groups is 2. The van der Waals surface area contributed by atoms with E-state index >= 15 is 0 Å². The first-order valence-electron chi connectivity index (χ1n) is 7.09. The van der Waals surface area contributed by atoms with E-state index < -0.39 is 39.9 Å². The van der Waals surface area contributed by atoms with Crippen LogP contribution in [0.2, 0.25) is 0 Å². The van der Waals surface area contributed by atoms with Gasteiger partial charge in [0.2, 0.25) is 0 Å². The molecule has 0 bridgehead atoms. The summed E-state index contributed by atoms with van der Waals surface area (Å²) in [7, 11) is -8.79. The second-order valence-corrected chi connectivity index (χ2v) is 8.14. The normalized spacial score (nSPS) is 11.3. The van der Waals surface area contributed by atoms with E-state index in [1.807, 2.05) is 0 Å². The zero-order valence-electron chi connectivity index (χ0n) is 14.3. The van der Waals surface area contributed by atoms with Crippen molar-refractivity contribution < 1.29 is 35.8 Å². The van der Waals surface area contributed by atoms with Gasteiger partial charge >= 0.3 is 0 Å². The zero-order chi connectivity index (χ0) is 21.9. The number of hydrogen-bond acceptors (Lipinski definition) is 8. The summed E-state index contributed by atoms with van der Waals surface area (Å²) in [6, 6.07) is 6.52. The fraction of sp³-hybridized carbons (Fsp3) is 0.143. The van der Waals surface area contributed by atoms with Gasteiger partial charge in [-0.3, -0.25) is 29.3 Å². The molecule has 2 N–H and O–H groups in total. The quantitative estimate of drug-likeness (QED) is 0.409. The van der Waals surface area contributed by atoms with Crippen molar-refractivity contribution in [1.29, 1.82) is 0 Å². The van der Waals surface area contributed by atoms with Crippen molar-refractivity contribution in [2.24, 2.45) is 0 Å². The standard InChI is InChI=1S/2C7H7NO5S/c2*1-5-2-3-6(8(9)10)4-7(5)14(11,12)13/h2*2-4H,1H3,(H,11,12,13). The Morgan fingerprint density at radius 3 is 1.21 bits per heavy atom. The molecule has 0 unspecified atom stereocenters. The number of non-ortho nitro benzene ring substituents is 2. The highest BCUT2D eigenvalue weighted by molar-refractivity contribution is 7.86. The van der Waals surface area contributed by atoms with Gasteiger partial charge < -0.3 is 0 Å². The molecule has 0 fully saturated rings. The van der Waals surface area contributed by atoms with Crippen molar-refractivity contribution in [2.45, 2.75) is 23.6 Å². The lowest BCUT2D eigenvalue weighted by Crippen LogP contribution is -2.02. The molecule has 2 rings (SSSR count). The Bertz CT molecular complexity index is 1050. The van der Waals surface area contributed by atoms with Crippen molar-refractivity contribution >= 4 is 31.6 Å². The number of nitro benzene ring substituents is 2. The van der Waals surface area contributed by atoms with Crippen LogP contribution in [0.4, 0.5) is 11.4 Å². The Hall–Kier alpha value is -2.94. The van der Waals surface area contributed by atoms with E-state index in [1.54, 1.807) is 0 Å². The molecule has 2 aromatic carbocycles. The van der Waals surface area contributed by atoms with E-state index in [0.717, 1.165) is 12.1 Å². The summed E-state index contributed by atoms with van der Waals surface area (Å²) in [6.07, 6.45) is 0. The lowest BCUT2D eigenvalue weighted by Gasteiger charge is -2.00. The molecule has 0 aliphatic rings. The van der Waals surface area contributed by atoms with E-state index in [-0.39, 0.29) is 22.5 Å². The summed E-state index contributed by atoms with van der Waals surface area (Å²) in [5, 5.41) is 20.6. The molecule has 2 aromatic rings. The Balaban J connectivity index is 0.000000280. The first-order valence-corrected chi connectivity index (χ1v) is 9.97. The van der Waals surface area contributed by atoms with Crippen LogP contribution in [0.1, 0.15) is 11.1 Å². The Kier molecular flexibility index (Phi) is 6.92. The highest BCUT2D eigenvalue weighted by atomic mass is 32.2. The van der Waals surface area contributed by atoms with Gasteiger partial charge in [0.15, 0.2) is 0 Å². The van der Waals surface area contributed by atoms with Gasteiger partial charge in [0.25, 0.3) is 31.6 Å². The SMILES string of the molecule is Cc1ccc([N+](=O)[O-])cc1S(=O)(=O)O.Cc1ccc([N+](=O)[O-])cc1S(=O)(=O)O. The van der Waals surface area contributed by atoms with Crippen molar-refractivity contribution in [3.63, 3.8) is 0 Å². The minimum absolute atomic E-state index is 0.262. The fourth-order valence-electron chi connectivity index (χ4n) is 1.96. The van der Waals surface area contributed by atoms with Crippen molar-refractivity contribution in [3.05, 3.63) is 67.8 Å². The van der Waals surface area contributed by atoms with E-state index in [9.17, 15) is 37.1 Å². The smallest absolute Gasteiger partial charge is 0.282 e. The molecule has 0 aromatic heterocycles. The molecule has 0 amide bonds. The highest BCUT2D eigenvalue weighted by Crippen LogP contribution is 2.22. The predicted molar refractivity (Wildman–Crippen MR) is 95.3 cm³/mol. The molecular weight excluding hydrogens is 420 g/mol. The van der Waals surface area contributed by atoms with E-state index in [0.29, 0.717) is 0 Å². The molecule has 28 heavy (non-hydrogen) atoms. The molecule has 0 radical (unpaired) electrons. The van der Waals surface area contributed by atoms with Crippen LogP contribution in [0.25, 0.3) is 0 Å². The fourth-order valence-corrected chi connectivity index (χ4v) is 3.45. The van der Waals surface area contributed by atoms with Gasteiger partial charge in [-0.05, 0) is 25.0 Å². The van der Waals surface area contributed by atoms with E-state index in [4.69, 9.17) is 9.11 Å². The van der Waals surface area contributed by atoms with Crippen LogP contribution in [-0.4, -0.2) is 35.8 Å². The van der Waals surface area contributed by atoms with Crippen molar-refractivity contribution in [3.8, 4) is 0 Å². The molecule has 12 nitrogen and oxygen atoms in total. The minimum Gasteiger partial charge on any atom is -0.282 e. The summed E-state index contributed by atoms with van der Waals surface area (Å²) < 4.78 is 60.5. The number of nitrogens with zero attached hydrogens (tertiary/aromatic N) is 2. The molecular formula is C14H14N2O10S2. The molecule has 0 atom stereocenters. The maximum Gasteiger partial charge on any atom is 0.295 e. The third-order valence-corrected chi connectivity index (χ3v) is 5.31. The number of benzene rings is 2. The molecule has 0 heterocycles. The first-order chi connectivity index (χ1) is 12.6. The van der Waals surface area contributed by atoms with E-state index in [1.165, 1.54) is 38.1 Å². The van der Waals surface area contributed by atoms with Crippen LogP contribution in [0.15, 0.2) is 46.2 Å².